The highest BCUT2D eigenvalue weighted by atomic mass is 32.1. The van der Waals surface area contributed by atoms with Gasteiger partial charge in [0.05, 0.1) is 25.0 Å². The van der Waals surface area contributed by atoms with E-state index < -0.39 is 11.9 Å². The maximum Gasteiger partial charge on any atom is 0.348 e. The highest BCUT2D eigenvalue weighted by molar-refractivity contribution is 7.18. The van der Waals surface area contributed by atoms with Gasteiger partial charge in [-0.15, -0.1) is 22.7 Å². The Labute approximate surface area is 187 Å². The van der Waals surface area contributed by atoms with Gasteiger partial charge in [-0.1, -0.05) is 30.3 Å². The standard InChI is InChI=1S/C22H19N3O4S2/c1-4-29-21(26)17-13(2)18(22(27)28-3)31-20(17)24-11-15(10-23)19-25-16(12-30-19)14-8-6-5-7-9-14/h5-9,11-12,24H,4H2,1-3H3/b15-11-. The maximum absolute atomic E-state index is 12.5. The number of nitriles is 1. The number of benzene rings is 1. The lowest BCUT2D eigenvalue weighted by Gasteiger charge is -2.05. The summed E-state index contributed by atoms with van der Waals surface area (Å²) in [6.07, 6.45) is 1.47. The largest absolute Gasteiger partial charge is 0.465 e. The van der Waals surface area contributed by atoms with E-state index in [-0.39, 0.29) is 12.2 Å². The van der Waals surface area contributed by atoms with Crippen LogP contribution >= 0.6 is 22.7 Å². The number of aromatic nitrogens is 1. The van der Waals surface area contributed by atoms with Crippen molar-refractivity contribution in [2.24, 2.45) is 0 Å². The molecule has 1 aromatic carbocycles. The van der Waals surface area contributed by atoms with E-state index in [1.165, 1.54) is 24.6 Å². The Bertz CT molecular complexity index is 1170. The zero-order valence-corrected chi connectivity index (χ0v) is 18.7. The van der Waals surface area contributed by atoms with Crippen molar-refractivity contribution in [2.45, 2.75) is 13.8 Å². The van der Waals surface area contributed by atoms with E-state index in [1.807, 2.05) is 35.7 Å². The van der Waals surface area contributed by atoms with Gasteiger partial charge in [0, 0.05) is 17.1 Å². The molecule has 0 aliphatic rings. The second kappa shape index (κ2) is 10.0. The van der Waals surface area contributed by atoms with E-state index in [4.69, 9.17) is 9.47 Å². The monoisotopic (exact) mass is 453 g/mol. The van der Waals surface area contributed by atoms with Crippen molar-refractivity contribution in [1.82, 2.24) is 4.98 Å². The lowest BCUT2D eigenvalue weighted by molar-refractivity contribution is 0.0527. The molecule has 0 saturated heterocycles. The molecule has 0 unspecified atom stereocenters. The number of nitrogens with zero attached hydrogens (tertiary/aromatic N) is 2. The number of hydrogen-bond donors (Lipinski definition) is 1. The van der Waals surface area contributed by atoms with Crippen molar-refractivity contribution in [3.63, 3.8) is 0 Å². The van der Waals surface area contributed by atoms with Crippen LogP contribution in [-0.2, 0) is 9.47 Å². The first-order chi connectivity index (χ1) is 15.0. The molecule has 0 fully saturated rings. The minimum Gasteiger partial charge on any atom is -0.465 e. The first-order valence-corrected chi connectivity index (χ1v) is 11.0. The highest BCUT2D eigenvalue weighted by Crippen LogP contribution is 2.35. The zero-order chi connectivity index (χ0) is 22.4. The molecule has 0 radical (unpaired) electrons. The summed E-state index contributed by atoms with van der Waals surface area (Å²) >= 11 is 2.41. The van der Waals surface area contributed by atoms with Gasteiger partial charge in [0.1, 0.15) is 26.5 Å². The molecule has 9 heteroatoms. The summed E-state index contributed by atoms with van der Waals surface area (Å²) in [5, 5.41) is 15.4. The van der Waals surface area contributed by atoms with E-state index in [1.54, 1.807) is 13.8 Å². The third-order valence-corrected chi connectivity index (χ3v) is 6.35. The van der Waals surface area contributed by atoms with Gasteiger partial charge in [-0.3, -0.25) is 0 Å². The molecule has 2 heterocycles. The van der Waals surface area contributed by atoms with Crippen molar-refractivity contribution in [3.05, 3.63) is 62.9 Å². The number of thiophene rings is 1. The molecule has 0 saturated carbocycles. The summed E-state index contributed by atoms with van der Waals surface area (Å²) in [6.45, 7) is 3.55. The number of anilines is 1. The van der Waals surface area contributed by atoms with Crippen LogP contribution in [0.4, 0.5) is 5.00 Å². The molecule has 1 N–H and O–H groups in total. The van der Waals surface area contributed by atoms with Gasteiger partial charge < -0.3 is 14.8 Å². The lowest BCUT2D eigenvalue weighted by atomic mass is 10.1. The van der Waals surface area contributed by atoms with Gasteiger partial charge in [-0.25, -0.2) is 14.6 Å². The lowest BCUT2D eigenvalue weighted by Crippen LogP contribution is -2.08. The van der Waals surface area contributed by atoms with Crippen LogP contribution in [0.1, 0.15) is 37.5 Å². The summed E-state index contributed by atoms with van der Waals surface area (Å²) in [5.41, 5.74) is 2.73. The van der Waals surface area contributed by atoms with Gasteiger partial charge in [-0.2, -0.15) is 5.26 Å². The van der Waals surface area contributed by atoms with Crippen LogP contribution in [0, 0.1) is 18.3 Å². The Hall–Kier alpha value is -3.48. The van der Waals surface area contributed by atoms with E-state index in [2.05, 4.69) is 16.4 Å². The van der Waals surface area contributed by atoms with Crippen LogP contribution in [-0.4, -0.2) is 30.6 Å². The fourth-order valence-electron chi connectivity index (χ4n) is 2.77. The molecule has 2 aromatic heterocycles. The molecule has 0 aliphatic carbocycles. The number of ether oxygens (including phenoxy) is 2. The van der Waals surface area contributed by atoms with Crippen molar-refractivity contribution in [3.8, 4) is 17.3 Å². The summed E-state index contributed by atoms with van der Waals surface area (Å²) in [4.78, 5) is 29.3. The number of esters is 2. The number of allylic oxidation sites excluding steroid dienone is 1. The predicted molar refractivity (Wildman–Crippen MR) is 121 cm³/mol. The average Bonchev–Trinajstić information content (AvgIpc) is 3.40. The first-order valence-electron chi connectivity index (χ1n) is 9.27. The minimum absolute atomic E-state index is 0.196. The second-order valence-corrected chi connectivity index (χ2v) is 8.07. The first kappa shape index (κ1) is 22.2. The molecule has 0 bridgehead atoms. The summed E-state index contributed by atoms with van der Waals surface area (Å²) in [7, 11) is 1.28. The number of thiazole rings is 1. The van der Waals surface area contributed by atoms with Crippen LogP contribution < -0.4 is 5.32 Å². The van der Waals surface area contributed by atoms with Crippen LogP contribution in [0.15, 0.2) is 41.9 Å². The van der Waals surface area contributed by atoms with Crippen molar-refractivity contribution in [2.75, 3.05) is 19.0 Å². The van der Waals surface area contributed by atoms with Crippen molar-refractivity contribution < 1.29 is 19.1 Å². The van der Waals surface area contributed by atoms with E-state index in [0.717, 1.165) is 22.6 Å². The Kier molecular flexibility index (Phi) is 7.18. The quantitative estimate of drug-likeness (QED) is 0.391. The molecular formula is C22H19N3O4S2. The molecule has 3 rings (SSSR count). The Balaban J connectivity index is 1.94. The van der Waals surface area contributed by atoms with E-state index in [9.17, 15) is 14.9 Å². The second-order valence-electron chi connectivity index (χ2n) is 6.19. The fraction of sp³-hybridized carbons (Fsp3) is 0.182. The molecule has 0 atom stereocenters. The summed E-state index contributed by atoms with van der Waals surface area (Å²) in [6, 6.07) is 11.8. The van der Waals surface area contributed by atoms with Crippen LogP contribution in [0.5, 0.6) is 0 Å². The van der Waals surface area contributed by atoms with Crippen LogP contribution in [0.2, 0.25) is 0 Å². The van der Waals surface area contributed by atoms with Gasteiger partial charge in [0.25, 0.3) is 0 Å². The van der Waals surface area contributed by atoms with E-state index in [0.29, 0.717) is 26.0 Å². The normalized spacial score (nSPS) is 11.0. The van der Waals surface area contributed by atoms with E-state index >= 15 is 0 Å². The molecule has 31 heavy (non-hydrogen) atoms. The molecule has 158 valence electrons. The van der Waals surface area contributed by atoms with Gasteiger partial charge in [0.15, 0.2) is 0 Å². The molecule has 3 aromatic rings. The van der Waals surface area contributed by atoms with Gasteiger partial charge >= 0.3 is 11.9 Å². The molecule has 7 nitrogen and oxygen atoms in total. The number of hydrogen-bond acceptors (Lipinski definition) is 9. The van der Waals surface area contributed by atoms with Gasteiger partial charge in [-0.05, 0) is 19.4 Å². The Morgan fingerprint density at radius 2 is 2.00 bits per heavy atom. The van der Waals surface area contributed by atoms with Crippen molar-refractivity contribution >= 4 is 45.2 Å². The van der Waals surface area contributed by atoms with Gasteiger partial charge in [0.2, 0.25) is 0 Å². The van der Waals surface area contributed by atoms with Crippen LogP contribution in [0.3, 0.4) is 0 Å². The SMILES string of the molecule is CCOC(=O)c1c(N/C=C(/C#N)c2nc(-c3ccccc3)cs2)sc(C(=O)OC)c1C. The predicted octanol–water partition coefficient (Wildman–Crippen LogP) is 5.12. The molecule has 0 amide bonds. The average molecular weight is 454 g/mol. The topological polar surface area (TPSA) is 101 Å². The molecule has 0 spiro atoms. The summed E-state index contributed by atoms with van der Waals surface area (Å²) < 4.78 is 9.93. The zero-order valence-electron chi connectivity index (χ0n) is 17.1. The third kappa shape index (κ3) is 4.82. The minimum atomic E-state index is -0.554. The number of methoxy groups -OCH3 is 1. The highest BCUT2D eigenvalue weighted by Gasteiger charge is 2.26. The summed E-state index contributed by atoms with van der Waals surface area (Å²) in [5.74, 6) is -1.10. The number of nitrogens with one attached hydrogen (secondary N) is 1. The fourth-order valence-corrected chi connectivity index (χ4v) is 4.65. The van der Waals surface area contributed by atoms with Crippen LogP contribution in [0.25, 0.3) is 16.8 Å². The molecule has 0 aliphatic heterocycles. The smallest absolute Gasteiger partial charge is 0.348 e. The maximum atomic E-state index is 12.5. The third-order valence-electron chi connectivity index (χ3n) is 4.27. The number of carbonyl (C=O) groups is 2. The Morgan fingerprint density at radius 3 is 2.65 bits per heavy atom. The number of rotatable bonds is 7. The Morgan fingerprint density at radius 1 is 1.26 bits per heavy atom. The number of carbonyl (C=O) groups excluding carboxylic acids is 2. The van der Waals surface area contributed by atoms with Crippen molar-refractivity contribution in [1.29, 1.82) is 5.26 Å². The molecular weight excluding hydrogens is 434 g/mol.